The van der Waals surface area contributed by atoms with E-state index in [9.17, 15) is 0 Å². The van der Waals surface area contributed by atoms with Crippen molar-refractivity contribution in [3.8, 4) is 0 Å². The minimum Gasteiger partial charge on any atom is -0.447 e. The van der Waals surface area contributed by atoms with Crippen molar-refractivity contribution in [3.63, 3.8) is 0 Å². The minimum atomic E-state index is 0. The first-order chi connectivity index (χ1) is 3.97. The summed E-state index contributed by atoms with van der Waals surface area (Å²) in [5.41, 5.74) is 1.06. The van der Waals surface area contributed by atoms with E-state index >= 15 is 0 Å². The largest absolute Gasteiger partial charge is 0.447 e. The fraction of sp³-hybridized carbons (Fsp3) is 0.400. The maximum atomic E-state index is 5.00. The lowest BCUT2D eigenvalue weighted by Gasteiger charge is -1.81. The first-order valence-electron chi connectivity index (χ1n) is 2.59. The lowest BCUT2D eigenvalue weighted by atomic mass is 10.4. The van der Waals surface area contributed by atoms with Crippen molar-refractivity contribution < 1.29 is 4.42 Å². The van der Waals surface area contributed by atoms with E-state index in [1.54, 1.807) is 0 Å². The first kappa shape index (κ1) is 6.58. The summed E-state index contributed by atoms with van der Waals surface area (Å²) < 4.78 is 5.00. The summed E-state index contributed by atoms with van der Waals surface area (Å²) in [5, 5.41) is 3.11. The van der Waals surface area contributed by atoms with Crippen LogP contribution in [0.15, 0.2) is 10.8 Å². The summed E-state index contributed by atoms with van der Waals surface area (Å²) >= 11 is 0. The van der Waals surface area contributed by atoms with Crippen LogP contribution in [0.5, 0.6) is 0 Å². The third-order valence-electron chi connectivity index (χ3n) is 1.30. The summed E-state index contributed by atoms with van der Waals surface area (Å²) in [5.74, 6) is 0.991. The van der Waals surface area contributed by atoms with E-state index in [1.165, 1.54) is 6.39 Å². The number of fused-ring (bicyclic) bond motifs is 1. The monoisotopic (exact) mass is 146 g/mol. The number of hydrogen-bond donors (Lipinski definition) is 1. The van der Waals surface area contributed by atoms with E-state index in [0.717, 1.165) is 24.5 Å². The fourth-order valence-corrected chi connectivity index (χ4v) is 0.876. The molecule has 50 valence electrons. The summed E-state index contributed by atoms with van der Waals surface area (Å²) in [6.45, 7) is 1.71. The minimum absolute atomic E-state index is 0. The van der Waals surface area contributed by atoms with Crippen LogP contribution in [0.25, 0.3) is 0 Å². The van der Waals surface area contributed by atoms with Crippen LogP contribution in [0.3, 0.4) is 0 Å². The van der Waals surface area contributed by atoms with Gasteiger partial charge in [-0.05, 0) is 0 Å². The average Bonchev–Trinajstić information content (AvgIpc) is 2.15. The van der Waals surface area contributed by atoms with Gasteiger partial charge in [-0.1, -0.05) is 0 Å². The Labute approximate surface area is 58.9 Å². The Morgan fingerprint density at radius 3 is 3.22 bits per heavy atom. The van der Waals surface area contributed by atoms with Crippen LogP contribution in [-0.2, 0) is 13.1 Å². The van der Waals surface area contributed by atoms with Gasteiger partial charge in [-0.25, -0.2) is 4.98 Å². The fourth-order valence-electron chi connectivity index (χ4n) is 0.876. The molecule has 0 radical (unpaired) electrons. The topological polar surface area (TPSA) is 38.1 Å². The third kappa shape index (κ3) is 0.930. The van der Waals surface area contributed by atoms with E-state index in [0.29, 0.717) is 0 Å². The molecule has 0 spiro atoms. The molecule has 3 nitrogen and oxygen atoms in total. The van der Waals surface area contributed by atoms with Gasteiger partial charge in [0.25, 0.3) is 0 Å². The molecular formula is C5H7ClN2O. The molecule has 0 bridgehead atoms. The normalized spacial score (nSPS) is 14.7. The van der Waals surface area contributed by atoms with Crippen molar-refractivity contribution in [2.45, 2.75) is 13.1 Å². The SMILES string of the molecule is Cl.c1nc2c(o1)CNC2. The second kappa shape index (κ2) is 2.37. The lowest BCUT2D eigenvalue weighted by molar-refractivity contribution is 0.497. The van der Waals surface area contributed by atoms with Gasteiger partial charge in [-0.15, -0.1) is 12.4 Å². The van der Waals surface area contributed by atoms with Crippen LogP contribution < -0.4 is 5.32 Å². The second-order valence-electron chi connectivity index (χ2n) is 1.83. The molecule has 1 aromatic rings. The molecular weight excluding hydrogens is 140 g/mol. The van der Waals surface area contributed by atoms with Crippen molar-refractivity contribution in [2.24, 2.45) is 0 Å². The average molecular weight is 147 g/mol. The molecule has 0 aliphatic carbocycles. The molecule has 2 heterocycles. The van der Waals surface area contributed by atoms with Crippen molar-refractivity contribution in [1.82, 2.24) is 10.3 Å². The summed E-state index contributed by atoms with van der Waals surface area (Å²) in [6, 6.07) is 0. The molecule has 0 saturated heterocycles. The van der Waals surface area contributed by atoms with E-state index in [2.05, 4.69) is 10.3 Å². The van der Waals surface area contributed by atoms with E-state index in [4.69, 9.17) is 4.42 Å². The van der Waals surface area contributed by atoms with Gasteiger partial charge in [-0.2, -0.15) is 0 Å². The number of aromatic nitrogens is 1. The Morgan fingerprint density at radius 2 is 2.44 bits per heavy atom. The number of hydrogen-bond acceptors (Lipinski definition) is 3. The smallest absolute Gasteiger partial charge is 0.181 e. The molecule has 1 N–H and O–H groups in total. The zero-order chi connectivity index (χ0) is 5.40. The first-order valence-corrected chi connectivity index (χ1v) is 2.59. The maximum absolute atomic E-state index is 5.00. The number of oxazole rings is 1. The van der Waals surface area contributed by atoms with Gasteiger partial charge in [0.05, 0.1) is 12.2 Å². The quantitative estimate of drug-likeness (QED) is 0.586. The van der Waals surface area contributed by atoms with Gasteiger partial charge >= 0.3 is 0 Å². The van der Waals surface area contributed by atoms with Gasteiger partial charge in [0.2, 0.25) is 0 Å². The Hall–Kier alpha value is -0.540. The summed E-state index contributed by atoms with van der Waals surface area (Å²) in [4.78, 5) is 3.97. The van der Waals surface area contributed by atoms with E-state index in [-0.39, 0.29) is 12.4 Å². The van der Waals surface area contributed by atoms with Crippen molar-refractivity contribution in [2.75, 3.05) is 0 Å². The standard InChI is InChI=1S/C5H6N2O.ClH/c1-4-5(2-6-1)8-3-7-4;/h3,6H,1-2H2;1H. The van der Waals surface area contributed by atoms with Gasteiger partial charge < -0.3 is 9.73 Å². The molecule has 0 saturated carbocycles. The van der Waals surface area contributed by atoms with Crippen LogP contribution in [0.4, 0.5) is 0 Å². The Balaban J connectivity index is 0.000000405. The Kier molecular flexibility index (Phi) is 1.73. The van der Waals surface area contributed by atoms with Crippen LogP contribution in [0.1, 0.15) is 11.5 Å². The predicted octanol–water partition coefficient (Wildman–Crippen LogP) is 0.700. The molecule has 0 fully saturated rings. The van der Waals surface area contributed by atoms with Crippen LogP contribution in [-0.4, -0.2) is 4.98 Å². The maximum Gasteiger partial charge on any atom is 0.181 e. The summed E-state index contributed by atoms with van der Waals surface area (Å²) in [7, 11) is 0. The summed E-state index contributed by atoms with van der Waals surface area (Å²) in [6.07, 6.45) is 1.49. The Bertz CT molecular complexity index is 180. The Morgan fingerprint density at radius 1 is 1.56 bits per heavy atom. The predicted molar refractivity (Wildman–Crippen MR) is 34.3 cm³/mol. The van der Waals surface area contributed by atoms with Crippen molar-refractivity contribution >= 4 is 12.4 Å². The highest BCUT2D eigenvalue weighted by molar-refractivity contribution is 5.85. The number of halogens is 1. The molecule has 1 aromatic heterocycles. The lowest BCUT2D eigenvalue weighted by Crippen LogP contribution is -2.01. The van der Waals surface area contributed by atoms with E-state index < -0.39 is 0 Å². The number of nitrogens with zero attached hydrogens (tertiary/aromatic N) is 1. The highest BCUT2D eigenvalue weighted by atomic mass is 35.5. The van der Waals surface area contributed by atoms with Gasteiger partial charge in [0, 0.05) is 6.54 Å². The molecule has 0 aromatic carbocycles. The van der Waals surface area contributed by atoms with E-state index in [1.807, 2.05) is 0 Å². The van der Waals surface area contributed by atoms with Crippen LogP contribution in [0.2, 0.25) is 0 Å². The van der Waals surface area contributed by atoms with Crippen LogP contribution >= 0.6 is 12.4 Å². The number of rotatable bonds is 0. The van der Waals surface area contributed by atoms with Gasteiger partial charge in [0.15, 0.2) is 6.39 Å². The van der Waals surface area contributed by atoms with Gasteiger partial charge in [-0.3, -0.25) is 0 Å². The van der Waals surface area contributed by atoms with Crippen LogP contribution in [0, 0.1) is 0 Å². The molecule has 9 heavy (non-hydrogen) atoms. The van der Waals surface area contributed by atoms with Gasteiger partial charge in [0.1, 0.15) is 5.76 Å². The highest BCUT2D eigenvalue weighted by Crippen LogP contribution is 2.10. The third-order valence-corrected chi connectivity index (χ3v) is 1.30. The molecule has 0 amide bonds. The second-order valence-corrected chi connectivity index (χ2v) is 1.83. The molecule has 0 atom stereocenters. The molecule has 1 aliphatic rings. The molecule has 0 unspecified atom stereocenters. The molecule has 4 heteroatoms. The van der Waals surface area contributed by atoms with Crippen molar-refractivity contribution in [3.05, 3.63) is 17.8 Å². The number of nitrogens with one attached hydrogen (secondary N) is 1. The highest BCUT2D eigenvalue weighted by Gasteiger charge is 2.12. The van der Waals surface area contributed by atoms with Crippen molar-refractivity contribution in [1.29, 1.82) is 0 Å². The molecule has 1 aliphatic heterocycles. The zero-order valence-corrected chi connectivity index (χ0v) is 5.57. The molecule has 2 rings (SSSR count). The zero-order valence-electron chi connectivity index (χ0n) is 4.76.